The van der Waals surface area contributed by atoms with Crippen LogP contribution >= 0.6 is 20.6 Å². The third-order valence-electron chi connectivity index (χ3n) is 1.46. The second-order valence-corrected chi connectivity index (χ2v) is 3.64. The Kier molecular flexibility index (Phi) is 1.92. The fourth-order valence-electron chi connectivity index (χ4n) is 0.979. The van der Waals surface area contributed by atoms with E-state index in [2.05, 4.69) is 24.6 Å². The molecule has 0 radical (unpaired) electrons. The fourth-order valence-corrected chi connectivity index (χ4v) is 2.03. The minimum atomic E-state index is 0.647. The van der Waals surface area contributed by atoms with Crippen molar-refractivity contribution in [1.82, 2.24) is 9.97 Å². The van der Waals surface area contributed by atoms with Crippen molar-refractivity contribution in [3.63, 3.8) is 0 Å². The molecule has 0 aliphatic heterocycles. The highest BCUT2D eigenvalue weighted by atomic mass is 32.1. The molecule has 2 heterocycles. The largest absolute Gasteiger partial charge is 0.307 e. The Labute approximate surface area is 75.4 Å². The molecule has 0 saturated heterocycles. The average molecular weight is 198 g/mol. The summed E-state index contributed by atoms with van der Waals surface area (Å²) in [5, 5.41) is 1.96. The van der Waals surface area contributed by atoms with Crippen LogP contribution in [0.4, 0.5) is 5.82 Å². The quantitative estimate of drug-likeness (QED) is 0.397. The smallest absolute Gasteiger partial charge is 0.162 e. The van der Waals surface area contributed by atoms with Crippen molar-refractivity contribution in [2.24, 2.45) is 5.84 Å². The summed E-state index contributed by atoms with van der Waals surface area (Å²) in [6.07, 6.45) is 0. The number of nitrogens with two attached hydrogens (primary N) is 1. The van der Waals surface area contributed by atoms with Crippen molar-refractivity contribution in [2.45, 2.75) is 0 Å². The van der Waals surface area contributed by atoms with Crippen LogP contribution in [0.5, 0.6) is 0 Å². The number of nitrogen functional groups attached to an aromatic ring is 1. The van der Waals surface area contributed by atoms with Gasteiger partial charge in [-0.15, -0.1) is 11.3 Å². The summed E-state index contributed by atoms with van der Waals surface area (Å²) >= 11 is 1.57. The van der Waals surface area contributed by atoms with Crippen LogP contribution in [0.2, 0.25) is 0 Å². The zero-order valence-electron chi connectivity index (χ0n) is 6.11. The van der Waals surface area contributed by atoms with Crippen LogP contribution in [-0.2, 0) is 0 Å². The van der Waals surface area contributed by atoms with E-state index < -0.39 is 0 Å². The molecule has 0 aromatic carbocycles. The van der Waals surface area contributed by atoms with Crippen molar-refractivity contribution in [1.29, 1.82) is 0 Å². The Morgan fingerprint density at radius 1 is 1.50 bits per heavy atom. The first kappa shape index (κ1) is 7.86. The Bertz CT molecular complexity index is 413. The molecule has 12 heavy (non-hydrogen) atoms. The molecule has 2 aromatic rings. The van der Waals surface area contributed by atoms with Crippen molar-refractivity contribution in [2.75, 3.05) is 5.43 Å². The molecule has 0 fully saturated rings. The number of fused-ring (bicyclic) bond motifs is 1. The fraction of sp³-hybridized carbons (Fsp3) is 0. The lowest BCUT2D eigenvalue weighted by atomic mass is 10.4. The minimum Gasteiger partial charge on any atom is -0.307 e. The van der Waals surface area contributed by atoms with Gasteiger partial charge >= 0.3 is 0 Å². The van der Waals surface area contributed by atoms with Gasteiger partial charge in [-0.3, -0.25) is 0 Å². The lowest BCUT2D eigenvalue weighted by Crippen LogP contribution is -2.13. The number of thiophene rings is 1. The molecule has 4 nitrogen and oxygen atoms in total. The van der Waals surface area contributed by atoms with E-state index in [0.29, 0.717) is 11.4 Å². The van der Waals surface area contributed by atoms with E-state index in [1.165, 1.54) is 0 Å². The van der Waals surface area contributed by atoms with Gasteiger partial charge in [-0.1, -0.05) is 9.24 Å². The topological polar surface area (TPSA) is 63.8 Å². The maximum Gasteiger partial charge on any atom is 0.162 e. The highest BCUT2D eigenvalue weighted by Crippen LogP contribution is 2.23. The number of nitrogens with zero attached hydrogens (tertiary/aromatic N) is 2. The predicted octanol–water partition coefficient (Wildman–Crippen LogP) is 0.477. The molecule has 0 aliphatic rings. The first-order valence-electron chi connectivity index (χ1n) is 3.28. The summed E-state index contributed by atoms with van der Waals surface area (Å²) in [5.41, 5.74) is 4.11. The zero-order chi connectivity index (χ0) is 8.55. The van der Waals surface area contributed by atoms with E-state index >= 15 is 0 Å². The lowest BCUT2D eigenvalue weighted by molar-refractivity contribution is 1.24. The molecule has 2 rings (SSSR count). The van der Waals surface area contributed by atoms with Crippen molar-refractivity contribution >= 4 is 42.2 Å². The molecule has 0 amide bonds. The number of rotatable bonds is 1. The van der Waals surface area contributed by atoms with Crippen LogP contribution in [0.1, 0.15) is 0 Å². The molecule has 1 atom stereocenters. The van der Waals surface area contributed by atoms with Crippen LogP contribution in [0.25, 0.3) is 10.2 Å². The molecular weight excluding hydrogens is 191 g/mol. The van der Waals surface area contributed by atoms with Gasteiger partial charge in [-0.05, 0) is 11.4 Å². The Morgan fingerprint density at radius 3 is 3.08 bits per heavy atom. The predicted molar refractivity (Wildman–Crippen MR) is 54.6 cm³/mol. The zero-order valence-corrected chi connectivity index (χ0v) is 8.08. The van der Waals surface area contributed by atoms with Gasteiger partial charge in [0.2, 0.25) is 0 Å². The molecule has 0 spiro atoms. The number of hydrazine groups is 1. The van der Waals surface area contributed by atoms with E-state index in [4.69, 9.17) is 5.84 Å². The number of anilines is 1. The molecule has 62 valence electrons. The molecule has 0 saturated carbocycles. The maximum atomic E-state index is 5.30. The summed E-state index contributed by atoms with van der Waals surface area (Å²) in [5.74, 6) is 5.98. The molecule has 2 aromatic heterocycles. The van der Waals surface area contributed by atoms with Crippen molar-refractivity contribution in [3.8, 4) is 0 Å². The Balaban J connectivity index is 2.80. The second-order valence-electron chi connectivity index (χ2n) is 2.21. The number of hydrogen-bond donors (Lipinski definition) is 2. The third-order valence-corrected chi connectivity index (χ3v) is 2.63. The highest BCUT2D eigenvalue weighted by molar-refractivity contribution is 7.26. The van der Waals surface area contributed by atoms with Gasteiger partial charge in [0.25, 0.3) is 0 Å². The van der Waals surface area contributed by atoms with E-state index in [-0.39, 0.29) is 0 Å². The number of hydrogen-bond acceptors (Lipinski definition) is 5. The summed E-state index contributed by atoms with van der Waals surface area (Å²) in [6, 6.07) is 1.94. The van der Waals surface area contributed by atoms with Crippen LogP contribution in [0.15, 0.2) is 11.4 Å². The van der Waals surface area contributed by atoms with Crippen molar-refractivity contribution < 1.29 is 0 Å². The Morgan fingerprint density at radius 2 is 2.33 bits per heavy atom. The minimum absolute atomic E-state index is 0.647. The van der Waals surface area contributed by atoms with Gasteiger partial charge < -0.3 is 5.43 Å². The van der Waals surface area contributed by atoms with Crippen LogP contribution in [0.3, 0.4) is 0 Å². The molecule has 3 N–H and O–H groups in total. The van der Waals surface area contributed by atoms with Crippen molar-refractivity contribution in [3.05, 3.63) is 11.4 Å². The summed E-state index contributed by atoms with van der Waals surface area (Å²) < 4.78 is 0.990. The van der Waals surface area contributed by atoms with Crippen LogP contribution in [-0.4, -0.2) is 9.97 Å². The van der Waals surface area contributed by atoms with Crippen LogP contribution in [0, 0.1) is 0 Å². The standard InChI is InChI=1S/C6H7N4PS/c7-10-5-4-3(1-2-12-4)8-6(11)9-5/h1-2H,7,11H2,(H,8,9,10). The van der Waals surface area contributed by atoms with Crippen LogP contribution < -0.4 is 16.8 Å². The number of nitrogens with one attached hydrogen (secondary N) is 1. The van der Waals surface area contributed by atoms with Gasteiger partial charge in [0.1, 0.15) is 5.57 Å². The van der Waals surface area contributed by atoms with E-state index in [0.717, 1.165) is 10.2 Å². The molecule has 1 unspecified atom stereocenters. The molecule has 0 bridgehead atoms. The monoisotopic (exact) mass is 198 g/mol. The SMILES string of the molecule is NNc1nc(P)nc2ccsc12. The van der Waals surface area contributed by atoms with Gasteiger partial charge in [-0.25, -0.2) is 15.8 Å². The average Bonchev–Trinajstić information content (AvgIpc) is 2.50. The first-order chi connectivity index (χ1) is 5.81. The normalized spacial score (nSPS) is 10.5. The summed E-state index contributed by atoms with van der Waals surface area (Å²) in [6.45, 7) is 0. The molecule has 6 heteroatoms. The van der Waals surface area contributed by atoms with Gasteiger partial charge in [-0.2, -0.15) is 0 Å². The molecule has 0 aliphatic carbocycles. The number of aromatic nitrogens is 2. The first-order valence-corrected chi connectivity index (χ1v) is 4.74. The molecular formula is C6H7N4PS. The summed E-state index contributed by atoms with van der Waals surface area (Å²) in [7, 11) is 2.45. The maximum absolute atomic E-state index is 5.30. The highest BCUT2D eigenvalue weighted by Gasteiger charge is 2.04. The summed E-state index contributed by atoms with van der Waals surface area (Å²) in [4.78, 5) is 8.33. The van der Waals surface area contributed by atoms with E-state index in [1.807, 2.05) is 11.4 Å². The van der Waals surface area contributed by atoms with Gasteiger partial charge in [0.05, 0.1) is 10.2 Å². The van der Waals surface area contributed by atoms with Gasteiger partial charge in [0, 0.05) is 0 Å². The van der Waals surface area contributed by atoms with Gasteiger partial charge in [0.15, 0.2) is 5.82 Å². The second kappa shape index (κ2) is 2.94. The Hall–Kier alpha value is -0.770. The van der Waals surface area contributed by atoms with E-state index in [9.17, 15) is 0 Å². The lowest BCUT2D eigenvalue weighted by Gasteiger charge is -2.00. The third kappa shape index (κ3) is 1.16. The van der Waals surface area contributed by atoms with E-state index in [1.54, 1.807) is 11.3 Å².